The molecule has 1 N–H and O–H groups in total. The van der Waals surface area contributed by atoms with E-state index in [0.717, 1.165) is 31.0 Å². The average molecular weight is 285 g/mol. The molecule has 0 radical (unpaired) electrons. The molecule has 1 heterocycles. The molecule has 0 fully saturated rings. The summed E-state index contributed by atoms with van der Waals surface area (Å²) in [7, 11) is 4.17. The summed E-state index contributed by atoms with van der Waals surface area (Å²) < 4.78 is 0. The molecule has 19 heavy (non-hydrogen) atoms. The van der Waals surface area contributed by atoms with E-state index in [-0.39, 0.29) is 0 Å². The molecule has 1 atom stereocenters. The Morgan fingerprint density at radius 2 is 2.00 bits per heavy atom. The molecule has 0 aliphatic carbocycles. The minimum absolute atomic E-state index is 0.366. The maximum Gasteiger partial charge on any atom is 0.134 e. The highest BCUT2D eigenvalue weighted by molar-refractivity contribution is 6.29. The smallest absolute Gasteiger partial charge is 0.134 e. The van der Waals surface area contributed by atoms with Gasteiger partial charge in [0.2, 0.25) is 0 Å². The van der Waals surface area contributed by atoms with Crippen LogP contribution in [0.5, 0.6) is 0 Å². The molecule has 0 saturated heterocycles. The van der Waals surface area contributed by atoms with Crippen molar-refractivity contribution in [3.8, 4) is 0 Å². The highest BCUT2D eigenvalue weighted by Gasteiger charge is 2.13. The second-order valence-electron chi connectivity index (χ2n) is 5.58. The van der Waals surface area contributed by atoms with E-state index in [1.807, 2.05) is 6.92 Å². The van der Waals surface area contributed by atoms with E-state index in [1.54, 1.807) is 6.07 Å². The van der Waals surface area contributed by atoms with Gasteiger partial charge in [-0.3, -0.25) is 0 Å². The van der Waals surface area contributed by atoms with E-state index in [2.05, 4.69) is 48.1 Å². The number of halogens is 1. The van der Waals surface area contributed by atoms with Gasteiger partial charge in [-0.25, -0.2) is 9.97 Å². The molecule has 0 bridgehead atoms. The number of nitrogens with one attached hydrogen (secondary N) is 1. The first kappa shape index (κ1) is 16.2. The SMILES string of the molecule is CCc1nc(Cl)cc(NC(CC(C)C)CN(C)C)n1. The summed E-state index contributed by atoms with van der Waals surface area (Å²) in [6, 6.07) is 2.16. The van der Waals surface area contributed by atoms with Gasteiger partial charge in [0.1, 0.15) is 16.8 Å². The van der Waals surface area contributed by atoms with Gasteiger partial charge in [0.05, 0.1) is 0 Å². The molecule has 0 aliphatic rings. The van der Waals surface area contributed by atoms with Crippen molar-refractivity contribution >= 4 is 17.4 Å². The first-order chi connectivity index (χ1) is 8.90. The number of aromatic nitrogens is 2. The zero-order chi connectivity index (χ0) is 14.4. The number of likely N-dealkylation sites (N-methyl/N-ethyl adjacent to an activating group) is 1. The molecule has 1 aromatic heterocycles. The van der Waals surface area contributed by atoms with Gasteiger partial charge in [-0.05, 0) is 26.4 Å². The van der Waals surface area contributed by atoms with E-state index in [4.69, 9.17) is 11.6 Å². The van der Waals surface area contributed by atoms with Gasteiger partial charge in [-0.2, -0.15) is 0 Å². The van der Waals surface area contributed by atoms with Gasteiger partial charge < -0.3 is 10.2 Å². The number of rotatable bonds is 7. The molecule has 108 valence electrons. The summed E-state index contributed by atoms with van der Waals surface area (Å²) in [5.41, 5.74) is 0. The maximum atomic E-state index is 6.02. The minimum Gasteiger partial charge on any atom is -0.366 e. The Morgan fingerprint density at radius 1 is 1.32 bits per heavy atom. The van der Waals surface area contributed by atoms with Crippen molar-refractivity contribution in [2.75, 3.05) is 26.0 Å². The van der Waals surface area contributed by atoms with Crippen LogP contribution in [0.15, 0.2) is 6.07 Å². The quantitative estimate of drug-likeness (QED) is 0.781. The van der Waals surface area contributed by atoms with Gasteiger partial charge in [-0.1, -0.05) is 32.4 Å². The molecule has 0 aliphatic heterocycles. The number of hydrogen-bond acceptors (Lipinski definition) is 4. The Kier molecular flexibility index (Phi) is 6.52. The molecular formula is C14H25ClN4. The Balaban J connectivity index is 2.79. The summed E-state index contributed by atoms with van der Waals surface area (Å²) in [4.78, 5) is 10.9. The van der Waals surface area contributed by atoms with E-state index in [0.29, 0.717) is 17.1 Å². The van der Waals surface area contributed by atoms with Crippen LogP contribution < -0.4 is 5.32 Å². The molecular weight excluding hydrogens is 260 g/mol. The topological polar surface area (TPSA) is 41.1 Å². The fourth-order valence-corrected chi connectivity index (χ4v) is 2.30. The lowest BCUT2D eigenvalue weighted by molar-refractivity contribution is 0.356. The maximum absolute atomic E-state index is 6.02. The predicted molar refractivity (Wildman–Crippen MR) is 81.8 cm³/mol. The first-order valence-corrected chi connectivity index (χ1v) is 7.23. The zero-order valence-corrected chi connectivity index (χ0v) is 13.3. The monoisotopic (exact) mass is 284 g/mol. The van der Waals surface area contributed by atoms with E-state index in [9.17, 15) is 0 Å². The van der Waals surface area contributed by atoms with Crippen molar-refractivity contribution in [3.63, 3.8) is 0 Å². The second kappa shape index (κ2) is 7.65. The van der Waals surface area contributed by atoms with Crippen molar-refractivity contribution in [3.05, 3.63) is 17.0 Å². The van der Waals surface area contributed by atoms with Crippen LogP contribution in [0.4, 0.5) is 5.82 Å². The number of anilines is 1. The summed E-state index contributed by atoms with van der Waals surface area (Å²) in [5, 5.41) is 3.98. The Labute approximate surface area is 121 Å². The van der Waals surface area contributed by atoms with E-state index in [1.165, 1.54) is 0 Å². The lowest BCUT2D eigenvalue weighted by atomic mass is 10.0. The van der Waals surface area contributed by atoms with Gasteiger partial charge in [0.15, 0.2) is 0 Å². The van der Waals surface area contributed by atoms with Crippen molar-refractivity contribution < 1.29 is 0 Å². The van der Waals surface area contributed by atoms with Crippen LogP contribution in [0.2, 0.25) is 5.15 Å². The Hall–Kier alpha value is -0.870. The predicted octanol–water partition coefficient (Wildman–Crippen LogP) is 3.08. The zero-order valence-electron chi connectivity index (χ0n) is 12.6. The van der Waals surface area contributed by atoms with Gasteiger partial charge >= 0.3 is 0 Å². The van der Waals surface area contributed by atoms with Gasteiger partial charge in [-0.15, -0.1) is 0 Å². The summed E-state index contributed by atoms with van der Waals surface area (Å²) in [6.07, 6.45) is 1.89. The molecule has 0 amide bonds. The normalized spacial score (nSPS) is 13.1. The number of hydrogen-bond donors (Lipinski definition) is 1. The second-order valence-corrected chi connectivity index (χ2v) is 5.97. The van der Waals surface area contributed by atoms with Gasteiger partial charge in [0, 0.05) is 25.1 Å². The number of aryl methyl sites for hydroxylation is 1. The van der Waals surface area contributed by atoms with E-state index < -0.39 is 0 Å². The van der Waals surface area contributed by atoms with Crippen molar-refractivity contribution in [1.29, 1.82) is 0 Å². The lowest BCUT2D eigenvalue weighted by Gasteiger charge is -2.24. The molecule has 0 aromatic carbocycles. The summed E-state index contributed by atoms with van der Waals surface area (Å²) in [5.74, 6) is 2.24. The summed E-state index contributed by atoms with van der Waals surface area (Å²) >= 11 is 6.02. The molecule has 0 spiro atoms. The molecule has 1 unspecified atom stereocenters. The van der Waals surface area contributed by atoms with Crippen LogP contribution in [0, 0.1) is 5.92 Å². The highest BCUT2D eigenvalue weighted by Crippen LogP contribution is 2.16. The van der Waals surface area contributed by atoms with Crippen molar-refractivity contribution in [2.24, 2.45) is 5.92 Å². The largest absolute Gasteiger partial charge is 0.366 e. The van der Waals surface area contributed by atoms with E-state index >= 15 is 0 Å². The lowest BCUT2D eigenvalue weighted by Crippen LogP contribution is -2.33. The Morgan fingerprint density at radius 3 is 2.53 bits per heavy atom. The first-order valence-electron chi connectivity index (χ1n) is 6.85. The third-order valence-electron chi connectivity index (χ3n) is 2.75. The highest BCUT2D eigenvalue weighted by atomic mass is 35.5. The Bertz CT molecular complexity index is 383. The van der Waals surface area contributed by atoms with Crippen LogP contribution in [-0.4, -0.2) is 41.5 Å². The number of nitrogens with zero attached hydrogens (tertiary/aromatic N) is 3. The van der Waals surface area contributed by atoms with Crippen LogP contribution in [-0.2, 0) is 6.42 Å². The fraction of sp³-hybridized carbons (Fsp3) is 0.714. The molecule has 5 heteroatoms. The molecule has 1 aromatic rings. The van der Waals surface area contributed by atoms with Crippen LogP contribution in [0.3, 0.4) is 0 Å². The van der Waals surface area contributed by atoms with Crippen molar-refractivity contribution in [1.82, 2.24) is 14.9 Å². The third kappa shape index (κ3) is 6.21. The molecule has 1 rings (SSSR count). The summed E-state index contributed by atoms with van der Waals surface area (Å²) in [6.45, 7) is 7.46. The van der Waals surface area contributed by atoms with Crippen LogP contribution in [0.25, 0.3) is 0 Å². The average Bonchev–Trinajstić information content (AvgIpc) is 2.26. The standard InChI is InChI=1S/C14H25ClN4/c1-6-13-17-12(15)8-14(18-13)16-11(7-10(2)3)9-19(4)5/h8,10-11H,6-7,9H2,1-5H3,(H,16,17,18). The fourth-order valence-electron chi connectivity index (χ4n) is 2.09. The van der Waals surface area contributed by atoms with Crippen LogP contribution in [0.1, 0.15) is 33.0 Å². The minimum atomic E-state index is 0.366. The third-order valence-corrected chi connectivity index (χ3v) is 2.94. The van der Waals surface area contributed by atoms with Crippen molar-refractivity contribution in [2.45, 2.75) is 39.7 Å². The molecule has 4 nitrogen and oxygen atoms in total. The van der Waals surface area contributed by atoms with Crippen LogP contribution >= 0.6 is 11.6 Å². The van der Waals surface area contributed by atoms with Gasteiger partial charge in [0.25, 0.3) is 0 Å². The molecule has 0 saturated carbocycles.